The molecule has 5 aromatic rings. The van der Waals surface area contributed by atoms with E-state index in [9.17, 15) is 31.5 Å². The molecule has 14 heteroatoms. The summed E-state index contributed by atoms with van der Waals surface area (Å²) >= 11 is 0. The number of nitrogens with two attached hydrogens (primary N) is 1. The lowest BCUT2D eigenvalue weighted by Crippen LogP contribution is -2.21. The predicted octanol–water partition coefficient (Wildman–Crippen LogP) is 7.23. The fourth-order valence-electron chi connectivity index (χ4n) is 4.23. The second kappa shape index (κ2) is 14.5. The van der Waals surface area contributed by atoms with Crippen LogP contribution in [-0.2, 0) is 14.8 Å². The van der Waals surface area contributed by atoms with Gasteiger partial charge in [-0.25, -0.2) is 18.0 Å². The first-order chi connectivity index (χ1) is 22.6. The number of benzene rings is 5. The van der Waals surface area contributed by atoms with Crippen LogP contribution in [0.25, 0.3) is 22.3 Å². The van der Waals surface area contributed by atoms with Crippen LogP contribution in [-0.4, -0.2) is 42.6 Å². The van der Waals surface area contributed by atoms with Gasteiger partial charge in [-0.05, 0) is 83.4 Å². The molecule has 0 aromatic heterocycles. The monoisotopic (exact) mass is 677 g/mol. The van der Waals surface area contributed by atoms with Gasteiger partial charge in [-0.1, -0.05) is 54.6 Å². The van der Waals surface area contributed by atoms with E-state index in [4.69, 9.17) is 25.8 Å². The summed E-state index contributed by atoms with van der Waals surface area (Å²) in [6.07, 6.45) is -5.08. The number of alkyl halides is 3. The van der Waals surface area contributed by atoms with Crippen LogP contribution >= 0.6 is 0 Å². The van der Waals surface area contributed by atoms with Crippen LogP contribution < -0.4 is 15.2 Å². The Hall–Kier alpha value is -6.15. The molecule has 5 aromatic carbocycles. The Balaban J connectivity index is 0.000000671. The lowest BCUT2D eigenvalue weighted by molar-refractivity contribution is -0.192. The van der Waals surface area contributed by atoms with E-state index in [0.29, 0.717) is 28.2 Å². The van der Waals surface area contributed by atoms with Gasteiger partial charge >= 0.3 is 18.1 Å². The Morgan fingerprint density at radius 3 is 1.88 bits per heavy atom. The number of nitrogen functional groups attached to an aromatic ring is 1. The Bertz CT molecular complexity index is 2050. The van der Waals surface area contributed by atoms with Crippen molar-refractivity contribution in [3.63, 3.8) is 0 Å². The molecule has 6 N–H and O–H groups in total. The molecule has 0 saturated heterocycles. The number of anilines is 1. The summed E-state index contributed by atoms with van der Waals surface area (Å²) in [6, 6.07) is 33.9. The van der Waals surface area contributed by atoms with Gasteiger partial charge in [0.1, 0.15) is 17.3 Å². The topological polar surface area (TPSA) is 180 Å². The van der Waals surface area contributed by atoms with Gasteiger partial charge in [-0.2, -0.15) is 13.2 Å². The average molecular weight is 678 g/mol. The third-order valence-corrected chi connectivity index (χ3v) is 7.96. The lowest BCUT2D eigenvalue weighted by atomic mass is 10.0. The maximum atomic E-state index is 13.3. The molecule has 0 atom stereocenters. The van der Waals surface area contributed by atoms with Gasteiger partial charge in [0.15, 0.2) is 0 Å². The van der Waals surface area contributed by atoms with E-state index in [1.807, 2.05) is 30.3 Å². The Morgan fingerprint density at radius 2 is 1.31 bits per heavy atom. The third-order valence-electron chi connectivity index (χ3n) is 6.56. The summed E-state index contributed by atoms with van der Waals surface area (Å²) < 4.78 is 67.0. The number of sulfonamides is 1. The van der Waals surface area contributed by atoms with E-state index in [2.05, 4.69) is 4.72 Å². The number of aromatic carboxylic acids is 1. The second-order valence-corrected chi connectivity index (χ2v) is 11.6. The number of amidine groups is 1. The number of rotatable bonds is 9. The van der Waals surface area contributed by atoms with Crippen LogP contribution in [0.15, 0.2) is 126 Å². The molecule has 0 heterocycles. The number of hydrogen-bond donors (Lipinski definition) is 5. The molecule has 0 aliphatic rings. The van der Waals surface area contributed by atoms with Crippen molar-refractivity contribution in [2.45, 2.75) is 11.1 Å². The molecule has 0 saturated carbocycles. The standard InChI is InChI=1S/C32H25N3O5S.C2HF3O2/c33-31(34)23-9-14-27(15-10-23)40-30-18-13-26(20-29(30)24-7-4-8-25(19-24)32(36)37)35-41(38,39)28-16-11-22(12-17-28)21-5-2-1-3-6-21;3-2(4,5)1(6)7/h1-20,35H,(H3,33,34)(H,36,37);(H,6,7). The van der Waals surface area contributed by atoms with Gasteiger partial charge in [0.05, 0.1) is 10.5 Å². The van der Waals surface area contributed by atoms with Crippen LogP contribution in [0.5, 0.6) is 11.5 Å². The number of carbonyl (C=O) groups is 2. The third kappa shape index (κ3) is 8.98. The van der Waals surface area contributed by atoms with E-state index in [-0.39, 0.29) is 22.0 Å². The van der Waals surface area contributed by atoms with Crippen LogP contribution in [0, 0.1) is 5.41 Å². The summed E-state index contributed by atoms with van der Waals surface area (Å²) in [4.78, 5) is 20.6. The van der Waals surface area contributed by atoms with Crippen molar-refractivity contribution in [1.29, 1.82) is 5.41 Å². The highest BCUT2D eigenvalue weighted by Gasteiger charge is 2.38. The summed E-state index contributed by atoms with van der Waals surface area (Å²) in [5.41, 5.74) is 9.28. The largest absolute Gasteiger partial charge is 0.490 e. The Labute approximate surface area is 272 Å². The van der Waals surface area contributed by atoms with Crippen molar-refractivity contribution in [1.82, 2.24) is 0 Å². The quantitative estimate of drug-likeness (QED) is 0.0800. The van der Waals surface area contributed by atoms with E-state index in [1.165, 1.54) is 12.1 Å². The van der Waals surface area contributed by atoms with Crippen molar-refractivity contribution in [3.05, 3.63) is 132 Å². The van der Waals surface area contributed by atoms with Crippen LogP contribution in [0.4, 0.5) is 18.9 Å². The maximum Gasteiger partial charge on any atom is 0.490 e. The maximum absolute atomic E-state index is 13.3. The normalized spacial score (nSPS) is 11.1. The molecule has 0 aliphatic carbocycles. The average Bonchev–Trinajstić information content (AvgIpc) is 3.06. The van der Waals surface area contributed by atoms with Gasteiger partial charge in [-0.3, -0.25) is 10.1 Å². The second-order valence-electron chi connectivity index (χ2n) is 9.94. The minimum absolute atomic E-state index is 0.0729. The Morgan fingerprint density at radius 1 is 0.729 bits per heavy atom. The summed E-state index contributed by atoms with van der Waals surface area (Å²) in [5.74, 6) is -3.10. The molecule has 0 spiro atoms. The number of ether oxygens (including phenoxy) is 1. The zero-order chi connectivity index (χ0) is 35.1. The SMILES string of the molecule is N=C(N)c1ccc(Oc2ccc(NS(=O)(=O)c3ccc(-c4ccccc4)cc3)cc2-c2cccc(C(=O)O)c2)cc1.O=C(O)C(F)(F)F. The van der Waals surface area contributed by atoms with Crippen molar-refractivity contribution in [2.75, 3.05) is 4.72 Å². The minimum Gasteiger partial charge on any atom is -0.478 e. The smallest absolute Gasteiger partial charge is 0.478 e. The lowest BCUT2D eigenvalue weighted by Gasteiger charge is -2.15. The van der Waals surface area contributed by atoms with E-state index in [0.717, 1.165) is 11.1 Å². The molecule has 0 bridgehead atoms. The van der Waals surface area contributed by atoms with E-state index in [1.54, 1.807) is 78.9 Å². The number of carboxylic acids is 2. The molecule has 48 heavy (non-hydrogen) atoms. The van der Waals surface area contributed by atoms with Gasteiger partial charge in [-0.15, -0.1) is 0 Å². The van der Waals surface area contributed by atoms with Gasteiger partial charge < -0.3 is 20.7 Å². The molecule has 0 fully saturated rings. The molecule has 0 radical (unpaired) electrons. The van der Waals surface area contributed by atoms with Crippen LogP contribution in [0.1, 0.15) is 15.9 Å². The first-order valence-electron chi connectivity index (χ1n) is 13.7. The molecular formula is C34H26F3N3O7S. The molecule has 0 amide bonds. The number of halogens is 3. The summed E-state index contributed by atoms with van der Waals surface area (Å²) in [6.45, 7) is 0. The molecule has 246 valence electrons. The molecule has 0 unspecified atom stereocenters. The van der Waals surface area contributed by atoms with Crippen molar-refractivity contribution in [2.24, 2.45) is 5.73 Å². The fourth-order valence-corrected chi connectivity index (χ4v) is 5.28. The highest BCUT2D eigenvalue weighted by Crippen LogP contribution is 2.37. The zero-order valence-electron chi connectivity index (χ0n) is 24.6. The highest BCUT2D eigenvalue weighted by atomic mass is 32.2. The van der Waals surface area contributed by atoms with Crippen molar-refractivity contribution < 1.29 is 46.1 Å². The zero-order valence-corrected chi connectivity index (χ0v) is 25.4. The molecular weight excluding hydrogens is 651 g/mol. The Kier molecular flexibility index (Phi) is 10.5. The minimum atomic E-state index is -5.08. The first kappa shape index (κ1) is 34.7. The number of carboxylic acid groups (broad SMARTS) is 2. The molecule has 0 aliphatic heterocycles. The molecule has 5 rings (SSSR count). The summed E-state index contributed by atoms with van der Waals surface area (Å²) in [7, 11) is -3.93. The first-order valence-corrected chi connectivity index (χ1v) is 15.2. The van der Waals surface area contributed by atoms with Crippen LogP contribution in [0.2, 0.25) is 0 Å². The number of nitrogens with one attached hydrogen (secondary N) is 2. The fraction of sp³-hybridized carbons (Fsp3) is 0.0294. The van der Waals surface area contributed by atoms with Crippen molar-refractivity contribution in [3.8, 4) is 33.8 Å². The van der Waals surface area contributed by atoms with Crippen molar-refractivity contribution >= 4 is 33.5 Å². The van der Waals surface area contributed by atoms with Gasteiger partial charge in [0.25, 0.3) is 10.0 Å². The van der Waals surface area contributed by atoms with E-state index < -0.39 is 28.1 Å². The number of aliphatic carboxylic acids is 1. The number of hydrogen-bond acceptors (Lipinski definition) is 6. The summed E-state index contributed by atoms with van der Waals surface area (Å²) in [5, 5.41) is 24.2. The molecule has 10 nitrogen and oxygen atoms in total. The van der Waals surface area contributed by atoms with Gasteiger partial charge in [0, 0.05) is 16.8 Å². The van der Waals surface area contributed by atoms with Crippen LogP contribution in [0.3, 0.4) is 0 Å². The highest BCUT2D eigenvalue weighted by molar-refractivity contribution is 7.92. The predicted molar refractivity (Wildman–Crippen MR) is 173 cm³/mol. The van der Waals surface area contributed by atoms with E-state index >= 15 is 0 Å². The van der Waals surface area contributed by atoms with Gasteiger partial charge in [0.2, 0.25) is 0 Å².